The number of nitrogens with two attached hydrogens (primary N) is 1. The van der Waals surface area contributed by atoms with Gasteiger partial charge in [0, 0.05) is 24.5 Å². The molecule has 0 aliphatic carbocycles. The predicted octanol–water partition coefficient (Wildman–Crippen LogP) is 2.10. The number of benzene rings is 1. The van der Waals surface area contributed by atoms with Gasteiger partial charge in [-0.2, -0.15) is 0 Å². The Morgan fingerprint density at radius 1 is 1.20 bits per heavy atom. The number of nitrogens with one attached hydrogen (secondary N) is 2. The maximum Gasteiger partial charge on any atom is 0.312 e. The average molecular weight is 360 g/mol. The summed E-state index contributed by atoms with van der Waals surface area (Å²) in [6.45, 7) is 2.13. The van der Waals surface area contributed by atoms with Crippen molar-refractivity contribution in [1.29, 1.82) is 0 Å². The highest BCUT2D eigenvalue weighted by atomic mass is 32.1. The minimum absolute atomic E-state index is 0.111. The zero-order valence-corrected chi connectivity index (χ0v) is 15.1. The summed E-state index contributed by atoms with van der Waals surface area (Å²) in [6.07, 6.45) is 0.172. The molecule has 4 N–H and O–H groups in total. The van der Waals surface area contributed by atoms with E-state index in [4.69, 9.17) is 5.73 Å². The van der Waals surface area contributed by atoms with E-state index in [9.17, 15) is 9.59 Å². The third kappa shape index (κ3) is 6.94. The molecule has 3 amide bonds. The Morgan fingerprint density at radius 3 is 2.60 bits per heavy atom. The molecule has 1 atom stereocenters. The Morgan fingerprint density at radius 2 is 1.96 bits per heavy atom. The van der Waals surface area contributed by atoms with Gasteiger partial charge in [0.1, 0.15) is 0 Å². The molecule has 0 aliphatic rings. The van der Waals surface area contributed by atoms with Crippen molar-refractivity contribution in [2.75, 3.05) is 20.1 Å². The molecule has 7 heteroatoms. The van der Waals surface area contributed by atoms with Gasteiger partial charge in [-0.05, 0) is 24.1 Å². The molecule has 1 aromatic carbocycles. The molecule has 1 heterocycles. The van der Waals surface area contributed by atoms with E-state index < -0.39 is 6.03 Å². The standard InChI is InChI=1S/C18H24N4O2S/c1-22(13-14-6-3-2-4-7-14)10-9-20-17(23)12-15(21-18(19)24)16-8-5-11-25-16/h2-8,11,15H,9-10,12-13H2,1H3,(H,20,23)(H3,19,21,24). The van der Waals surface area contributed by atoms with Crippen LogP contribution < -0.4 is 16.4 Å². The number of amides is 3. The second kappa shape index (κ2) is 9.80. The van der Waals surface area contributed by atoms with Gasteiger partial charge in [0.15, 0.2) is 0 Å². The van der Waals surface area contributed by atoms with E-state index in [1.807, 2.05) is 42.8 Å². The van der Waals surface area contributed by atoms with Gasteiger partial charge in [0.25, 0.3) is 0 Å². The number of carbonyl (C=O) groups is 2. The van der Waals surface area contributed by atoms with Gasteiger partial charge < -0.3 is 21.3 Å². The second-order valence-electron chi connectivity index (χ2n) is 5.85. The number of urea groups is 1. The molecule has 0 bridgehead atoms. The Kier molecular flexibility index (Phi) is 7.43. The zero-order valence-electron chi connectivity index (χ0n) is 14.3. The van der Waals surface area contributed by atoms with Gasteiger partial charge in [-0.1, -0.05) is 36.4 Å². The van der Waals surface area contributed by atoms with Crippen LogP contribution in [0.2, 0.25) is 0 Å². The topological polar surface area (TPSA) is 87.5 Å². The molecule has 134 valence electrons. The number of nitrogens with zero attached hydrogens (tertiary/aromatic N) is 1. The van der Waals surface area contributed by atoms with Crippen LogP contribution in [-0.2, 0) is 11.3 Å². The van der Waals surface area contributed by atoms with Crippen LogP contribution in [0.15, 0.2) is 47.8 Å². The molecule has 0 radical (unpaired) electrons. The first-order valence-corrected chi connectivity index (χ1v) is 9.01. The van der Waals surface area contributed by atoms with E-state index >= 15 is 0 Å². The maximum absolute atomic E-state index is 12.2. The highest BCUT2D eigenvalue weighted by Gasteiger charge is 2.18. The first-order valence-electron chi connectivity index (χ1n) is 8.13. The molecule has 1 unspecified atom stereocenters. The molecule has 25 heavy (non-hydrogen) atoms. The average Bonchev–Trinajstić information content (AvgIpc) is 3.09. The molecule has 0 spiro atoms. The van der Waals surface area contributed by atoms with E-state index in [1.54, 1.807) is 0 Å². The van der Waals surface area contributed by atoms with Crippen LogP contribution in [0.3, 0.4) is 0 Å². The molecule has 0 saturated heterocycles. The Labute approximate surface area is 152 Å². The highest BCUT2D eigenvalue weighted by molar-refractivity contribution is 7.10. The van der Waals surface area contributed by atoms with Crippen LogP contribution in [0.4, 0.5) is 4.79 Å². The summed E-state index contributed by atoms with van der Waals surface area (Å²) in [4.78, 5) is 26.4. The maximum atomic E-state index is 12.2. The largest absolute Gasteiger partial charge is 0.355 e. The predicted molar refractivity (Wildman–Crippen MR) is 100 cm³/mol. The Hall–Kier alpha value is -2.38. The van der Waals surface area contributed by atoms with Gasteiger partial charge in [0.05, 0.1) is 12.5 Å². The number of carbonyl (C=O) groups excluding carboxylic acids is 2. The summed E-state index contributed by atoms with van der Waals surface area (Å²) in [5.41, 5.74) is 6.44. The quantitative estimate of drug-likeness (QED) is 0.640. The number of primary amides is 1. The first kappa shape index (κ1) is 19.0. The minimum atomic E-state index is -0.631. The van der Waals surface area contributed by atoms with Crippen molar-refractivity contribution >= 4 is 23.3 Å². The van der Waals surface area contributed by atoms with E-state index in [0.717, 1.165) is 18.0 Å². The van der Waals surface area contributed by atoms with Crippen molar-refractivity contribution in [3.05, 3.63) is 58.3 Å². The van der Waals surface area contributed by atoms with Crippen LogP contribution >= 0.6 is 11.3 Å². The molecule has 6 nitrogen and oxygen atoms in total. The van der Waals surface area contributed by atoms with Crippen molar-refractivity contribution in [1.82, 2.24) is 15.5 Å². The fourth-order valence-electron chi connectivity index (χ4n) is 2.50. The number of rotatable bonds is 9. The van der Waals surface area contributed by atoms with E-state index in [2.05, 4.69) is 27.7 Å². The summed E-state index contributed by atoms with van der Waals surface area (Å²) < 4.78 is 0. The fraction of sp³-hybridized carbons (Fsp3) is 0.333. The lowest BCUT2D eigenvalue weighted by atomic mass is 10.1. The molecule has 2 aromatic rings. The monoisotopic (exact) mass is 360 g/mol. The number of likely N-dealkylation sites (N-methyl/N-ethyl adjacent to an activating group) is 1. The number of thiophene rings is 1. The zero-order chi connectivity index (χ0) is 18.1. The van der Waals surface area contributed by atoms with Crippen molar-refractivity contribution in [2.24, 2.45) is 5.73 Å². The van der Waals surface area contributed by atoms with E-state index in [1.165, 1.54) is 16.9 Å². The first-order chi connectivity index (χ1) is 12.0. The normalized spacial score (nSPS) is 11.9. The fourth-order valence-corrected chi connectivity index (χ4v) is 3.28. The summed E-state index contributed by atoms with van der Waals surface area (Å²) in [6, 6.07) is 12.9. The Balaban J connectivity index is 1.74. The van der Waals surface area contributed by atoms with Crippen LogP contribution in [0.25, 0.3) is 0 Å². The molecular formula is C18H24N4O2S. The van der Waals surface area contributed by atoms with Crippen LogP contribution in [0, 0.1) is 0 Å². The van der Waals surface area contributed by atoms with Crippen molar-refractivity contribution in [2.45, 2.75) is 19.0 Å². The second-order valence-corrected chi connectivity index (χ2v) is 6.83. The lowest BCUT2D eigenvalue weighted by Gasteiger charge is -2.18. The minimum Gasteiger partial charge on any atom is -0.355 e. The summed E-state index contributed by atoms with van der Waals surface area (Å²) in [5, 5.41) is 7.42. The SMILES string of the molecule is CN(CCNC(=O)CC(NC(N)=O)c1cccs1)Cc1ccccc1. The smallest absolute Gasteiger partial charge is 0.312 e. The van der Waals surface area contributed by atoms with Gasteiger partial charge in [0.2, 0.25) is 5.91 Å². The van der Waals surface area contributed by atoms with E-state index in [0.29, 0.717) is 6.54 Å². The van der Waals surface area contributed by atoms with Crippen LogP contribution in [0.5, 0.6) is 0 Å². The van der Waals surface area contributed by atoms with Crippen molar-refractivity contribution in [3.63, 3.8) is 0 Å². The van der Waals surface area contributed by atoms with E-state index in [-0.39, 0.29) is 18.4 Å². The van der Waals surface area contributed by atoms with Crippen molar-refractivity contribution < 1.29 is 9.59 Å². The Bertz CT molecular complexity index is 661. The third-order valence-electron chi connectivity index (χ3n) is 3.70. The van der Waals surface area contributed by atoms with Crippen LogP contribution in [-0.4, -0.2) is 37.0 Å². The molecule has 1 aromatic heterocycles. The lowest BCUT2D eigenvalue weighted by Crippen LogP contribution is -2.38. The summed E-state index contributed by atoms with van der Waals surface area (Å²) >= 11 is 1.49. The number of hydrogen-bond acceptors (Lipinski definition) is 4. The van der Waals surface area contributed by atoms with Gasteiger partial charge in [-0.3, -0.25) is 4.79 Å². The van der Waals surface area contributed by atoms with Gasteiger partial charge in [-0.25, -0.2) is 4.79 Å². The van der Waals surface area contributed by atoms with Gasteiger partial charge >= 0.3 is 6.03 Å². The third-order valence-corrected chi connectivity index (χ3v) is 4.69. The van der Waals surface area contributed by atoms with Gasteiger partial charge in [-0.15, -0.1) is 11.3 Å². The number of hydrogen-bond donors (Lipinski definition) is 3. The molecular weight excluding hydrogens is 336 g/mol. The molecule has 2 rings (SSSR count). The summed E-state index contributed by atoms with van der Waals surface area (Å²) in [5.74, 6) is -0.111. The molecule has 0 fully saturated rings. The summed E-state index contributed by atoms with van der Waals surface area (Å²) in [7, 11) is 2.02. The van der Waals surface area contributed by atoms with Crippen LogP contribution in [0.1, 0.15) is 22.9 Å². The lowest BCUT2D eigenvalue weighted by molar-refractivity contribution is -0.121. The molecule has 0 saturated carbocycles. The highest BCUT2D eigenvalue weighted by Crippen LogP contribution is 2.21. The van der Waals surface area contributed by atoms with Crippen molar-refractivity contribution in [3.8, 4) is 0 Å². The molecule has 0 aliphatic heterocycles.